The smallest absolute Gasteiger partial charge is 0.265 e. The molecule has 1 fully saturated rings. The average Bonchev–Trinajstić information content (AvgIpc) is 2.63. The van der Waals surface area contributed by atoms with Crippen molar-refractivity contribution in [1.82, 2.24) is 4.98 Å². The van der Waals surface area contributed by atoms with Gasteiger partial charge < -0.3 is 4.90 Å². The molecule has 0 spiro atoms. The number of aromatic nitrogens is 1. The number of piperidine rings is 1. The quantitative estimate of drug-likeness (QED) is 0.817. The van der Waals surface area contributed by atoms with E-state index in [0.717, 1.165) is 25.2 Å². The Bertz CT molecular complexity index is 791. The van der Waals surface area contributed by atoms with Crippen molar-refractivity contribution in [3.05, 3.63) is 48.7 Å². The van der Waals surface area contributed by atoms with Gasteiger partial charge in [0, 0.05) is 25.3 Å². The summed E-state index contributed by atoms with van der Waals surface area (Å²) in [6.45, 7) is 5.38. The van der Waals surface area contributed by atoms with Gasteiger partial charge in [-0.3, -0.25) is 4.31 Å². The summed E-state index contributed by atoms with van der Waals surface area (Å²) in [4.78, 5) is 6.94. The number of pyridine rings is 1. The lowest BCUT2D eigenvalue weighted by Gasteiger charge is -2.34. The van der Waals surface area contributed by atoms with E-state index in [1.54, 1.807) is 18.2 Å². The first-order chi connectivity index (χ1) is 12.0. The van der Waals surface area contributed by atoms with Crippen molar-refractivity contribution in [3.8, 4) is 0 Å². The fraction of sp³-hybridized carbons (Fsp3) is 0.421. The molecule has 2 heterocycles. The number of anilines is 2. The van der Waals surface area contributed by atoms with Crippen molar-refractivity contribution in [2.24, 2.45) is 0 Å². The van der Waals surface area contributed by atoms with Crippen LogP contribution in [0.2, 0.25) is 0 Å². The Morgan fingerprint density at radius 1 is 1.16 bits per heavy atom. The van der Waals surface area contributed by atoms with Gasteiger partial charge in [-0.2, -0.15) is 0 Å². The standard InChI is InChI=1S/C19H25N3O2S/c1-3-22(17-10-5-4-6-11-17)25(23,24)18-12-13-19(20-15-18)21-14-8-7-9-16(21)2/h4-6,10-13,15-16H,3,7-9,14H2,1-2H3. The molecule has 3 rings (SSSR count). The predicted octanol–water partition coefficient (Wildman–Crippen LogP) is 3.68. The van der Waals surface area contributed by atoms with Crippen LogP contribution in [0.15, 0.2) is 53.6 Å². The Balaban J connectivity index is 1.87. The van der Waals surface area contributed by atoms with Crippen LogP contribution in [0, 0.1) is 0 Å². The highest BCUT2D eigenvalue weighted by molar-refractivity contribution is 7.92. The van der Waals surface area contributed by atoms with Gasteiger partial charge in [-0.15, -0.1) is 0 Å². The van der Waals surface area contributed by atoms with Gasteiger partial charge in [0.25, 0.3) is 10.0 Å². The van der Waals surface area contributed by atoms with E-state index < -0.39 is 10.0 Å². The van der Waals surface area contributed by atoms with Crippen LogP contribution in [-0.4, -0.2) is 32.5 Å². The van der Waals surface area contributed by atoms with E-state index in [1.807, 2.05) is 31.2 Å². The summed E-state index contributed by atoms with van der Waals surface area (Å²) in [5, 5.41) is 0. The van der Waals surface area contributed by atoms with Gasteiger partial charge in [0.15, 0.2) is 0 Å². The van der Waals surface area contributed by atoms with Crippen molar-refractivity contribution in [2.75, 3.05) is 22.3 Å². The first-order valence-corrected chi connectivity index (χ1v) is 10.3. The third-order valence-electron chi connectivity index (χ3n) is 4.74. The van der Waals surface area contributed by atoms with Crippen molar-refractivity contribution in [1.29, 1.82) is 0 Å². The van der Waals surface area contributed by atoms with E-state index in [9.17, 15) is 8.42 Å². The molecule has 0 N–H and O–H groups in total. The van der Waals surface area contributed by atoms with Gasteiger partial charge in [0.05, 0.1) is 5.69 Å². The van der Waals surface area contributed by atoms with Crippen LogP contribution < -0.4 is 9.21 Å². The molecular formula is C19H25N3O2S. The lowest BCUT2D eigenvalue weighted by Crippen LogP contribution is -2.38. The summed E-state index contributed by atoms with van der Waals surface area (Å²) in [5.74, 6) is 0.855. The second kappa shape index (κ2) is 7.44. The zero-order chi connectivity index (χ0) is 17.9. The van der Waals surface area contributed by atoms with E-state index >= 15 is 0 Å². The van der Waals surface area contributed by atoms with E-state index in [-0.39, 0.29) is 4.90 Å². The highest BCUT2D eigenvalue weighted by Gasteiger charge is 2.25. The van der Waals surface area contributed by atoms with Crippen molar-refractivity contribution >= 4 is 21.5 Å². The van der Waals surface area contributed by atoms with Crippen molar-refractivity contribution in [3.63, 3.8) is 0 Å². The molecule has 1 unspecified atom stereocenters. The normalized spacial score (nSPS) is 18.2. The van der Waals surface area contributed by atoms with Crippen LogP contribution in [0.25, 0.3) is 0 Å². The molecular weight excluding hydrogens is 334 g/mol. The molecule has 0 aliphatic carbocycles. The van der Waals surface area contributed by atoms with Crippen molar-refractivity contribution < 1.29 is 8.42 Å². The molecule has 0 radical (unpaired) electrons. The van der Waals surface area contributed by atoms with Gasteiger partial charge in [0.1, 0.15) is 10.7 Å². The first kappa shape index (κ1) is 17.7. The summed E-state index contributed by atoms with van der Waals surface area (Å²) in [5.41, 5.74) is 0.665. The van der Waals surface area contributed by atoms with Gasteiger partial charge >= 0.3 is 0 Å². The summed E-state index contributed by atoms with van der Waals surface area (Å²) >= 11 is 0. The van der Waals surface area contributed by atoms with Crippen LogP contribution in [0.4, 0.5) is 11.5 Å². The molecule has 1 aliphatic rings. The number of para-hydroxylation sites is 1. The summed E-state index contributed by atoms with van der Waals surface area (Å²) < 4.78 is 27.4. The van der Waals surface area contributed by atoms with Gasteiger partial charge in [-0.05, 0) is 57.4 Å². The largest absolute Gasteiger partial charge is 0.354 e. The molecule has 2 aromatic rings. The number of hydrogen-bond acceptors (Lipinski definition) is 4. The van der Waals surface area contributed by atoms with Crippen LogP contribution in [0.3, 0.4) is 0 Å². The summed E-state index contributed by atoms with van der Waals surface area (Å²) in [6.07, 6.45) is 5.04. The number of benzene rings is 1. The summed E-state index contributed by atoms with van der Waals surface area (Å²) in [6, 6.07) is 13.1. The Morgan fingerprint density at radius 3 is 2.52 bits per heavy atom. The molecule has 1 aromatic carbocycles. The van der Waals surface area contributed by atoms with E-state index in [0.29, 0.717) is 18.3 Å². The highest BCUT2D eigenvalue weighted by atomic mass is 32.2. The van der Waals surface area contributed by atoms with Crippen molar-refractivity contribution in [2.45, 2.75) is 44.0 Å². The van der Waals surface area contributed by atoms with E-state index in [2.05, 4.69) is 16.8 Å². The van der Waals surface area contributed by atoms with E-state index in [4.69, 9.17) is 0 Å². The maximum atomic E-state index is 13.0. The maximum absolute atomic E-state index is 13.0. The molecule has 1 saturated heterocycles. The lowest BCUT2D eigenvalue weighted by atomic mass is 10.0. The zero-order valence-electron chi connectivity index (χ0n) is 14.8. The fourth-order valence-electron chi connectivity index (χ4n) is 3.35. The van der Waals surface area contributed by atoms with Gasteiger partial charge in [-0.25, -0.2) is 13.4 Å². The fourth-order valence-corrected chi connectivity index (χ4v) is 4.77. The lowest BCUT2D eigenvalue weighted by molar-refractivity contribution is 0.481. The monoisotopic (exact) mass is 359 g/mol. The van der Waals surface area contributed by atoms with Crippen LogP contribution in [0.5, 0.6) is 0 Å². The zero-order valence-corrected chi connectivity index (χ0v) is 15.6. The maximum Gasteiger partial charge on any atom is 0.265 e. The minimum Gasteiger partial charge on any atom is -0.354 e. The van der Waals surface area contributed by atoms with E-state index in [1.165, 1.54) is 16.9 Å². The molecule has 6 heteroatoms. The minimum absolute atomic E-state index is 0.228. The molecule has 1 aliphatic heterocycles. The average molecular weight is 359 g/mol. The van der Waals surface area contributed by atoms with Crippen LogP contribution >= 0.6 is 0 Å². The number of nitrogens with zero attached hydrogens (tertiary/aromatic N) is 3. The van der Waals surface area contributed by atoms with Crippen LogP contribution in [-0.2, 0) is 10.0 Å². The second-order valence-corrected chi connectivity index (χ2v) is 8.26. The SMILES string of the molecule is CCN(c1ccccc1)S(=O)(=O)c1ccc(N2CCCCC2C)nc1. The second-order valence-electron chi connectivity index (χ2n) is 6.40. The Kier molecular flexibility index (Phi) is 5.27. The first-order valence-electron chi connectivity index (χ1n) is 8.84. The number of rotatable bonds is 5. The third kappa shape index (κ3) is 3.63. The Labute approximate surface area is 150 Å². The van der Waals surface area contributed by atoms with Gasteiger partial charge in [-0.1, -0.05) is 18.2 Å². The Morgan fingerprint density at radius 2 is 1.92 bits per heavy atom. The van der Waals surface area contributed by atoms with Crippen LogP contribution in [0.1, 0.15) is 33.1 Å². The molecule has 5 nitrogen and oxygen atoms in total. The molecule has 25 heavy (non-hydrogen) atoms. The topological polar surface area (TPSA) is 53.5 Å². The molecule has 1 aromatic heterocycles. The number of sulfonamides is 1. The highest BCUT2D eigenvalue weighted by Crippen LogP contribution is 2.26. The molecule has 134 valence electrons. The Hall–Kier alpha value is -2.08. The third-order valence-corrected chi connectivity index (χ3v) is 6.62. The molecule has 0 amide bonds. The minimum atomic E-state index is -3.61. The summed E-state index contributed by atoms with van der Waals surface area (Å²) in [7, 11) is -3.61. The predicted molar refractivity (Wildman–Crippen MR) is 102 cm³/mol. The molecule has 0 bridgehead atoms. The van der Waals surface area contributed by atoms with Gasteiger partial charge in [0.2, 0.25) is 0 Å². The molecule has 0 saturated carbocycles. The molecule has 1 atom stereocenters. The number of hydrogen-bond donors (Lipinski definition) is 0.